The SMILES string of the molecule is CC(C)c1csc(CNC(=O)C2(CN)CCOCC2)n1.Cl.Cl. The zero-order chi connectivity index (χ0) is 14.6. The van der Waals surface area contributed by atoms with E-state index in [0.717, 1.165) is 10.7 Å². The highest BCUT2D eigenvalue weighted by molar-refractivity contribution is 7.09. The highest BCUT2D eigenvalue weighted by atomic mass is 35.5. The molecule has 5 nitrogen and oxygen atoms in total. The number of aromatic nitrogens is 1. The number of thiazole rings is 1. The van der Waals surface area contributed by atoms with E-state index in [1.54, 1.807) is 11.3 Å². The summed E-state index contributed by atoms with van der Waals surface area (Å²) in [5.74, 6) is 0.450. The molecule has 1 fully saturated rings. The van der Waals surface area contributed by atoms with Crippen molar-refractivity contribution < 1.29 is 9.53 Å². The van der Waals surface area contributed by atoms with Crippen molar-refractivity contribution in [2.75, 3.05) is 19.8 Å². The molecular formula is C14H25Cl2N3O2S. The van der Waals surface area contributed by atoms with E-state index in [4.69, 9.17) is 10.5 Å². The summed E-state index contributed by atoms with van der Waals surface area (Å²) in [7, 11) is 0. The van der Waals surface area contributed by atoms with Gasteiger partial charge in [-0.2, -0.15) is 0 Å². The Kier molecular flexibility index (Phi) is 9.50. The maximum absolute atomic E-state index is 12.4. The molecule has 1 aromatic heterocycles. The molecule has 1 aliphatic rings. The standard InChI is InChI=1S/C14H23N3O2S.2ClH/c1-10(2)11-8-20-12(17-11)7-16-13(18)14(9-15)3-5-19-6-4-14;;/h8,10H,3-7,9,15H2,1-2H3,(H,16,18);2*1H. The van der Waals surface area contributed by atoms with E-state index in [1.165, 1.54) is 0 Å². The molecule has 2 rings (SSSR count). The minimum Gasteiger partial charge on any atom is -0.381 e. The maximum Gasteiger partial charge on any atom is 0.228 e. The molecule has 8 heteroatoms. The maximum atomic E-state index is 12.4. The van der Waals surface area contributed by atoms with Gasteiger partial charge in [-0.1, -0.05) is 13.8 Å². The molecule has 0 spiro atoms. The van der Waals surface area contributed by atoms with Crippen LogP contribution in [0.1, 0.15) is 43.3 Å². The number of nitrogens with one attached hydrogen (secondary N) is 1. The summed E-state index contributed by atoms with van der Waals surface area (Å²) < 4.78 is 5.32. The van der Waals surface area contributed by atoms with Crippen molar-refractivity contribution in [3.05, 3.63) is 16.1 Å². The van der Waals surface area contributed by atoms with Crippen LogP contribution < -0.4 is 11.1 Å². The second-order valence-electron chi connectivity index (χ2n) is 5.60. The number of amides is 1. The van der Waals surface area contributed by atoms with Crippen LogP contribution in [0.15, 0.2) is 5.38 Å². The lowest BCUT2D eigenvalue weighted by molar-refractivity contribution is -0.136. The summed E-state index contributed by atoms with van der Waals surface area (Å²) >= 11 is 1.59. The van der Waals surface area contributed by atoms with Crippen molar-refractivity contribution in [3.63, 3.8) is 0 Å². The summed E-state index contributed by atoms with van der Waals surface area (Å²) in [5, 5.41) is 5.99. The number of nitrogens with zero attached hydrogens (tertiary/aromatic N) is 1. The molecule has 0 aliphatic carbocycles. The van der Waals surface area contributed by atoms with Gasteiger partial charge in [0, 0.05) is 25.1 Å². The van der Waals surface area contributed by atoms with Gasteiger partial charge in [-0.15, -0.1) is 36.2 Å². The van der Waals surface area contributed by atoms with E-state index >= 15 is 0 Å². The largest absolute Gasteiger partial charge is 0.381 e. The summed E-state index contributed by atoms with van der Waals surface area (Å²) in [6.45, 7) is 6.31. The van der Waals surface area contributed by atoms with Gasteiger partial charge in [-0.3, -0.25) is 4.79 Å². The number of nitrogens with two attached hydrogens (primary N) is 1. The lowest BCUT2D eigenvalue weighted by Crippen LogP contribution is -2.48. The predicted molar refractivity (Wildman–Crippen MR) is 94.1 cm³/mol. The van der Waals surface area contributed by atoms with Gasteiger partial charge in [0.1, 0.15) is 5.01 Å². The van der Waals surface area contributed by atoms with Crippen molar-refractivity contribution in [2.24, 2.45) is 11.1 Å². The summed E-state index contributed by atoms with van der Waals surface area (Å²) in [6, 6.07) is 0. The van der Waals surface area contributed by atoms with Crippen LogP contribution >= 0.6 is 36.2 Å². The second kappa shape index (κ2) is 9.67. The molecule has 0 radical (unpaired) electrons. The monoisotopic (exact) mass is 369 g/mol. The number of halogens is 2. The molecule has 128 valence electrons. The van der Waals surface area contributed by atoms with Crippen LogP contribution in [0.3, 0.4) is 0 Å². The first-order valence-electron chi connectivity index (χ1n) is 7.08. The molecule has 1 amide bonds. The first-order valence-corrected chi connectivity index (χ1v) is 7.96. The lowest BCUT2D eigenvalue weighted by atomic mass is 9.79. The third-order valence-corrected chi connectivity index (χ3v) is 4.75. The average Bonchev–Trinajstić information content (AvgIpc) is 2.94. The summed E-state index contributed by atoms with van der Waals surface area (Å²) in [4.78, 5) is 16.9. The Labute approximate surface area is 148 Å². The first-order chi connectivity index (χ1) is 9.57. The molecule has 3 N–H and O–H groups in total. The van der Waals surface area contributed by atoms with Crippen LogP contribution in [0.2, 0.25) is 0 Å². The Morgan fingerprint density at radius 2 is 2.09 bits per heavy atom. The van der Waals surface area contributed by atoms with Gasteiger partial charge in [-0.05, 0) is 18.8 Å². The highest BCUT2D eigenvalue weighted by Gasteiger charge is 2.38. The molecule has 1 saturated heterocycles. The van der Waals surface area contributed by atoms with Gasteiger partial charge in [0.05, 0.1) is 17.7 Å². The van der Waals surface area contributed by atoms with Gasteiger partial charge in [-0.25, -0.2) is 4.98 Å². The Bertz CT molecular complexity index is 463. The van der Waals surface area contributed by atoms with Crippen molar-refractivity contribution in [1.82, 2.24) is 10.3 Å². The average molecular weight is 370 g/mol. The summed E-state index contributed by atoms with van der Waals surface area (Å²) in [5.41, 5.74) is 6.44. The normalized spacial score (nSPS) is 16.5. The number of hydrogen-bond donors (Lipinski definition) is 2. The van der Waals surface area contributed by atoms with Crippen molar-refractivity contribution in [2.45, 2.75) is 39.2 Å². The fourth-order valence-electron chi connectivity index (χ4n) is 2.30. The molecule has 1 aromatic rings. The van der Waals surface area contributed by atoms with Gasteiger partial charge < -0.3 is 15.8 Å². The number of ether oxygens (including phenoxy) is 1. The molecular weight excluding hydrogens is 345 g/mol. The minimum absolute atomic E-state index is 0. The van der Waals surface area contributed by atoms with Gasteiger partial charge in [0.15, 0.2) is 0 Å². The molecule has 0 atom stereocenters. The van der Waals surface area contributed by atoms with Crippen molar-refractivity contribution in [3.8, 4) is 0 Å². The molecule has 0 bridgehead atoms. The number of hydrogen-bond acceptors (Lipinski definition) is 5. The van der Waals surface area contributed by atoms with Crippen LogP contribution in [0.4, 0.5) is 0 Å². The molecule has 22 heavy (non-hydrogen) atoms. The lowest BCUT2D eigenvalue weighted by Gasteiger charge is -2.34. The first kappa shape index (κ1) is 21.6. The Morgan fingerprint density at radius 3 is 2.59 bits per heavy atom. The van der Waals surface area contributed by atoms with Gasteiger partial charge in [0.25, 0.3) is 0 Å². The van der Waals surface area contributed by atoms with E-state index in [0.29, 0.717) is 45.1 Å². The smallest absolute Gasteiger partial charge is 0.228 e. The van der Waals surface area contributed by atoms with E-state index in [9.17, 15) is 4.79 Å². The second-order valence-corrected chi connectivity index (χ2v) is 6.54. The Balaban J connectivity index is 0.00000220. The zero-order valence-electron chi connectivity index (χ0n) is 13.0. The number of carbonyl (C=O) groups is 1. The number of rotatable bonds is 5. The van der Waals surface area contributed by atoms with E-state index in [2.05, 4.69) is 29.5 Å². The highest BCUT2D eigenvalue weighted by Crippen LogP contribution is 2.29. The molecule has 0 aromatic carbocycles. The fraction of sp³-hybridized carbons (Fsp3) is 0.714. The van der Waals surface area contributed by atoms with E-state index < -0.39 is 5.41 Å². The summed E-state index contributed by atoms with van der Waals surface area (Å²) in [6.07, 6.45) is 1.40. The quantitative estimate of drug-likeness (QED) is 0.835. The molecule has 2 heterocycles. The van der Waals surface area contributed by atoms with Crippen LogP contribution in [0, 0.1) is 5.41 Å². The molecule has 0 unspecified atom stereocenters. The minimum atomic E-state index is -0.462. The predicted octanol–water partition coefficient (Wildman–Crippen LogP) is 2.48. The fourth-order valence-corrected chi connectivity index (χ4v) is 3.20. The third-order valence-electron chi connectivity index (χ3n) is 3.88. The molecule has 1 aliphatic heterocycles. The van der Waals surface area contributed by atoms with Crippen LogP contribution in [0.25, 0.3) is 0 Å². The third kappa shape index (κ3) is 5.06. The van der Waals surface area contributed by atoms with Crippen LogP contribution in [-0.2, 0) is 16.1 Å². The van der Waals surface area contributed by atoms with Gasteiger partial charge >= 0.3 is 0 Å². The topological polar surface area (TPSA) is 77.2 Å². The van der Waals surface area contributed by atoms with Crippen molar-refractivity contribution in [1.29, 1.82) is 0 Å². The van der Waals surface area contributed by atoms with Crippen molar-refractivity contribution >= 4 is 42.1 Å². The van der Waals surface area contributed by atoms with E-state index in [-0.39, 0.29) is 30.7 Å². The van der Waals surface area contributed by atoms with Crippen LogP contribution in [-0.4, -0.2) is 30.6 Å². The van der Waals surface area contributed by atoms with Crippen LogP contribution in [0.5, 0.6) is 0 Å². The molecule has 0 saturated carbocycles. The van der Waals surface area contributed by atoms with Gasteiger partial charge in [0.2, 0.25) is 5.91 Å². The Hall–Kier alpha value is -0.400. The Morgan fingerprint density at radius 1 is 1.45 bits per heavy atom. The number of carbonyl (C=O) groups excluding carboxylic acids is 1. The van der Waals surface area contributed by atoms with E-state index in [1.807, 2.05) is 0 Å². The zero-order valence-corrected chi connectivity index (χ0v) is 15.4.